The first-order valence-electron chi connectivity index (χ1n) is 10.8. The molecule has 0 saturated carbocycles. The first-order chi connectivity index (χ1) is 15.1. The van der Waals surface area contributed by atoms with Gasteiger partial charge >= 0.3 is 0 Å². The number of benzene rings is 1. The number of rotatable bonds is 7. The fraction of sp³-hybridized carbons (Fsp3) is 0.435. The Labute approximate surface area is 182 Å². The number of nitrogens with one attached hydrogen (secondary N) is 2. The van der Waals surface area contributed by atoms with Gasteiger partial charge in [0.25, 0.3) is 5.91 Å². The number of amides is 1. The number of ether oxygens (including phenoxy) is 1. The van der Waals surface area contributed by atoms with E-state index < -0.39 is 0 Å². The maximum atomic E-state index is 12.8. The highest BCUT2D eigenvalue weighted by atomic mass is 16.5. The number of nitrogens with zero attached hydrogens (tertiary/aromatic N) is 4. The average molecular weight is 423 g/mol. The monoisotopic (exact) mass is 422 g/mol. The largest absolute Gasteiger partial charge is 0.381 e. The molecule has 1 aliphatic heterocycles. The zero-order valence-corrected chi connectivity index (χ0v) is 18.4. The molecule has 2 N–H and O–H groups in total. The number of anilines is 2. The fourth-order valence-electron chi connectivity index (χ4n) is 3.85. The fourth-order valence-corrected chi connectivity index (χ4v) is 3.85. The highest BCUT2D eigenvalue weighted by Crippen LogP contribution is 2.28. The first-order valence-corrected chi connectivity index (χ1v) is 10.8. The number of carbonyl (C=O) groups excluding carboxylic acids is 1. The van der Waals surface area contributed by atoms with E-state index in [0.29, 0.717) is 18.2 Å². The Morgan fingerprint density at radius 1 is 1.26 bits per heavy atom. The SMILES string of the molecule is CCn1ncc2c(NC3CCOCC3)c(CNC(=O)c3cccc(N(C)C)c3)cnc21. The molecule has 0 aliphatic carbocycles. The summed E-state index contributed by atoms with van der Waals surface area (Å²) < 4.78 is 7.39. The van der Waals surface area contributed by atoms with Crippen LogP contribution in [0.25, 0.3) is 11.0 Å². The van der Waals surface area contributed by atoms with E-state index in [-0.39, 0.29) is 5.91 Å². The second-order valence-electron chi connectivity index (χ2n) is 8.01. The maximum absolute atomic E-state index is 12.8. The Bertz CT molecular complexity index is 1060. The molecule has 1 aliphatic rings. The van der Waals surface area contributed by atoms with Gasteiger partial charge in [0.1, 0.15) is 0 Å². The van der Waals surface area contributed by atoms with E-state index in [9.17, 15) is 4.79 Å². The van der Waals surface area contributed by atoms with E-state index in [4.69, 9.17) is 4.74 Å². The lowest BCUT2D eigenvalue weighted by atomic mass is 10.1. The predicted molar refractivity (Wildman–Crippen MR) is 123 cm³/mol. The average Bonchev–Trinajstić information content (AvgIpc) is 3.22. The molecule has 1 fully saturated rings. The Balaban J connectivity index is 1.58. The first kappa shape index (κ1) is 21.1. The van der Waals surface area contributed by atoms with Crippen LogP contribution >= 0.6 is 0 Å². The summed E-state index contributed by atoms with van der Waals surface area (Å²) in [5.74, 6) is -0.106. The van der Waals surface area contributed by atoms with Gasteiger partial charge in [0, 0.05) is 69.5 Å². The van der Waals surface area contributed by atoms with Gasteiger partial charge in [-0.15, -0.1) is 0 Å². The quantitative estimate of drug-likeness (QED) is 0.609. The number of aromatic nitrogens is 3. The van der Waals surface area contributed by atoms with Gasteiger partial charge in [-0.05, 0) is 38.0 Å². The van der Waals surface area contributed by atoms with Gasteiger partial charge < -0.3 is 20.3 Å². The van der Waals surface area contributed by atoms with Gasteiger partial charge in [-0.3, -0.25) is 4.79 Å². The summed E-state index contributed by atoms with van der Waals surface area (Å²) in [6, 6.07) is 7.93. The summed E-state index contributed by atoms with van der Waals surface area (Å²) in [5.41, 5.74) is 4.43. The molecule has 0 unspecified atom stereocenters. The van der Waals surface area contributed by atoms with Crippen LogP contribution in [-0.4, -0.2) is 54.0 Å². The van der Waals surface area contributed by atoms with Gasteiger partial charge in [-0.25, -0.2) is 9.67 Å². The molecular weight excluding hydrogens is 392 g/mol. The van der Waals surface area contributed by atoms with Crippen molar-refractivity contribution in [2.75, 3.05) is 37.5 Å². The number of hydrogen-bond acceptors (Lipinski definition) is 6. The van der Waals surface area contributed by atoms with Crippen molar-refractivity contribution in [2.24, 2.45) is 0 Å². The molecule has 164 valence electrons. The third kappa shape index (κ3) is 4.64. The topological polar surface area (TPSA) is 84.3 Å². The Morgan fingerprint density at radius 3 is 2.81 bits per heavy atom. The Hall–Kier alpha value is -3.13. The van der Waals surface area contributed by atoms with E-state index in [1.807, 2.05) is 60.3 Å². The standard InChI is InChI=1S/C23H30N6O2/c1-4-29-22-20(15-26-29)21(27-18-8-10-31-11-9-18)17(13-24-22)14-25-23(30)16-6-5-7-19(12-16)28(2)3/h5-7,12-13,15,18H,4,8-11,14H2,1-3H3,(H,24,27)(H,25,30). The molecule has 0 bridgehead atoms. The van der Waals surface area contributed by atoms with Gasteiger partial charge in [0.15, 0.2) is 5.65 Å². The lowest BCUT2D eigenvalue weighted by Gasteiger charge is -2.25. The molecule has 1 amide bonds. The minimum atomic E-state index is -0.106. The van der Waals surface area contributed by atoms with Crippen LogP contribution in [0.3, 0.4) is 0 Å². The van der Waals surface area contributed by atoms with Crippen LogP contribution in [0.2, 0.25) is 0 Å². The van der Waals surface area contributed by atoms with Crippen LogP contribution in [0.15, 0.2) is 36.7 Å². The van der Waals surface area contributed by atoms with Crippen LogP contribution in [0.5, 0.6) is 0 Å². The van der Waals surface area contributed by atoms with Gasteiger partial charge in [-0.1, -0.05) is 6.07 Å². The van der Waals surface area contributed by atoms with Crippen molar-refractivity contribution in [1.29, 1.82) is 0 Å². The zero-order chi connectivity index (χ0) is 21.8. The van der Waals surface area contributed by atoms with Crippen LogP contribution < -0.4 is 15.5 Å². The molecule has 8 nitrogen and oxygen atoms in total. The van der Waals surface area contributed by atoms with Crippen molar-refractivity contribution in [3.05, 3.63) is 47.8 Å². The summed E-state index contributed by atoms with van der Waals surface area (Å²) in [7, 11) is 3.92. The minimum absolute atomic E-state index is 0.106. The highest BCUT2D eigenvalue weighted by molar-refractivity contribution is 5.95. The summed E-state index contributed by atoms with van der Waals surface area (Å²) in [6.07, 6.45) is 5.61. The number of pyridine rings is 1. The molecule has 1 aromatic carbocycles. The molecule has 31 heavy (non-hydrogen) atoms. The molecule has 3 aromatic rings. The third-order valence-electron chi connectivity index (χ3n) is 5.68. The number of fused-ring (bicyclic) bond motifs is 1. The molecule has 8 heteroatoms. The smallest absolute Gasteiger partial charge is 0.251 e. The lowest BCUT2D eigenvalue weighted by molar-refractivity contribution is 0.0904. The van der Waals surface area contributed by atoms with Crippen LogP contribution in [-0.2, 0) is 17.8 Å². The van der Waals surface area contributed by atoms with Crippen molar-refractivity contribution < 1.29 is 9.53 Å². The molecule has 0 radical (unpaired) electrons. The van der Waals surface area contributed by atoms with Crippen LogP contribution in [0.4, 0.5) is 11.4 Å². The number of hydrogen-bond donors (Lipinski definition) is 2. The molecule has 1 saturated heterocycles. The van der Waals surface area contributed by atoms with E-state index in [0.717, 1.165) is 60.6 Å². The normalized spacial score (nSPS) is 14.5. The second-order valence-corrected chi connectivity index (χ2v) is 8.01. The van der Waals surface area contributed by atoms with Gasteiger partial charge in [-0.2, -0.15) is 5.10 Å². The highest BCUT2D eigenvalue weighted by Gasteiger charge is 2.19. The third-order valence-corrected chi connectivity index (χ3v) is 5.68. The van der Waals surface area contributed by atoms with Crippen molar-refractivity contribution in [3.63, 3.8) is 0 Å². The predicted octanol–water partition coefficient (Wildman–Crippen LogP) is 3.04. The molecule has 2 aromatic heterocycles. The molecule has 0 spiro atoms. The van der Waals surface area contributed by atoms with Crippen molar-refractivity contribution >= 4 is 28.3 Å². The second kappa shape index (κ2) is 9.34. The van der Waals surface area contributed by atoms with Crippen molar-refractivity contribution in [1.82, 2.24) is 20.1 Å². The van der Waals surface area contributed by atoms with E-state index in [2.05, 4.69) is 27.6 Å². The Kier molecular flexibility index (Phi) is 6.36. The van der Waals surface area contributed by atoms with Crippen LogP contribution in [0, 0.1) is 0 Å². The summed E-state index contributed by atoms with van der Waals surface area (Å²) in [4.78, 5) is 19.4. The molecular formula is C23H30N6O2. The molecule has 0 atom stereocenters. The molecule has 4 rings (SSSR count). The van der Waals surface area contributed by atoms with E-state index in [1.54, 1.807) is 0 Å². The van der Waals surface area contributed by atoms with E-state index >= 15 is 0 Å². The maximum Gasteiger partial charge on any atom is 0.251 e. The van der Waals surface area contributed by atoms with E-state index in [1.165, 1.54) is 0 Å². The number of carbonyl (C=O) groups is 1. The minimum Gasteiger partial charge on any atom is -0.381 e. The van der Waals surface area contributed by atoms with Gasteiger partial charge in [0.2, 0.25) is 0 Å². The summed E-state index contributed by atoms with van der Waals surface area (Å²) in [5, 5.41) is 12.2. The van der Waals surface area contributed by atoms with Crippen molar-refractivity contribution in [2.45, 2.75) is 38.9 Å². The van der Waals surface area contributed by atoms with Gasteiger partial charge in [0.05, 0.1) is 17.3 Å². The number of aryl methyl sites for hydroxylation is 1. The van der Waals surface area contributed by atoms with Crippen molar-refractivity contribution in [3.8, 4) is 0 Å². The summed E-state index contributed by atoms with van der Waals surface area (Å²) in [6.45, 7) is 4.71. The molecule has 3 heterocycles. The summed E-state index contributed by atoms with van der Waals surface area (Å²) >= 11 is 0. The van der Waals surface area contributed by atoms with Crippen LogP contribution in [0.1, 0.15) is 35.7 Å². The Morgan fingerprint density at radius 2 is 2.06 bits per heavy atom. The lowest BCUT2D eigenvalue weighted by Crippen LogP contribution is -2.29. The zero-order valence-electron chi connectivity index (χ0n) is 18.4.